The van der Waals surface area contributed by atoms with E-state index in [4.69, 9.17) is 17.3 Å². The number of nitrogen functional groups attached to an aromatic ring is 1. The van der Waals surface area contributed by atoms with E-state index in [0.29, 0.717) is 11.2 Å². The van der Waals surface area contributed by atoms with Crippen LogP contribution in [0.25, 0.3) is 0 Å². The van der Waals surface area contributed by atoms with E-state index in [1.165, 1.54) is 0 Å². The number of piperidine rings is 1. The SMILES string of the molecule is Nc1nc(Cl)cc(N2CCCC(n3cccn3)C2)n1. The zero-order chi connectivity index (χ0) is 13.2. The maximum atomic E-state index is 5.93. The van der Waals surface area contributed by atoms with Crippen LogP contribution in [0.1, 0.15) is 18.9 Å². The summed E-state index contributed by atoms with van der Waals surface area (Å²) >= 11 is 5.93. The van der Waals surface area contributed by atoms with Gasteiger partial charge in [0.2, 0.25) is 5.95 Å². The first-order valence-electron chi connectivity index (χ1n) is 6.26. The van der Waals surface area contributed by atoms with Gasteiger partial charge in [0.05, 0.1) is 6.04 Å². The van der Waals surface area contributed by atoms with Crippen molar-refractivity contribution in [2.45, 2.75) is 18.9 Å². The molecule has 2 aromatic heterocycles. The maximum absolute atomic E-state index is 5.93. The summed E-state index contributed by atoms with van der Waals surface area (Å²) in [7, 11) is 0. The monoisotopic (exact) mass is 278 g/mol. The Morgan fingerprint density at radius 3 is 3.00 bits per heavy atom. The molecule has 6 nitrogen and oxygen atoms in total. The lowest BCUT2D eigenvalue weighted by atomic mass is 10.1. The zero-order valence-electron chi connectivity index (χ0n) is 10.4. The quantitative estimate of drug-likeness (QED) is 0.847. The normalized spacial score (nSPS) is 19.6. The molecule has 1 aliphatic heterocycles. The largest absolute Gasteiger partial charge is 0.368 e. The third kappa shape index (κ3) is 2.63. The first-order valence-corrected chi connectivity index (χ1v) is 6.64. The summed E-state index contributed by atoms with van der Waals surface area (Å²) in [5, 5.41) is 4.69. The summed E-state index contributed by atoms with van der Waals surface area (Å²) in [6.45, 7) is 1.80. The predicted molar refractivity (Wildman–Crippen MR) is 74.2 cm³/mol. The van der Waals surface area contributed by atoms with Crippen molar-refractivity contribution in [3.05, 3.63) is 29.7 Å². The highest BCUT2D eigenvalue weighted by atomic mass is 35.5. The summed E-state index contributed by atoms with van der Waals surface area (Å²) in [5.74, 6) is 0.998. The fourth-order valence-electron chi connectivity index (χ4n) is 2.46. The molecular formula is C12H15ClN6. The van der Waals surface area contributed by atoms with Gasteiger partial charge in [0, 0.05) is 31.5 Å². The Balaban J connectivity index is 1.81. The molecule has 1 saturated heterocycles. The molecule has 1 unspecified atom stereocenters. The topological polar surface area (TPSA) is 72.9 Å². The molecule has 1 atom stereocenters. The summed E-state index contributed by atoms with van der Waals surface area (Å²) in [6, 6.07) is 4.06. The molecule has 0 aliphatic carbocycles. The minimum absolute atomic E-state index is 0.212. The average Bonchev–Trinajstić information content (AvgIpc) is 2.92. The van der Waals surface area contributed by atoms with E-state index in [9.17, 15) is 0 Å². The minimum atomic E-state index is 0.212. The smallest absolute Gasteiger partial charge is 0.223 e. The van der Waals surface area contributed by atoms with Crippen LogP contribution in [-0.2, 0) is 0 Å². The van der Waals surface area contributed by atoms with Crippen LogP contribution in [0.4, 0.5) is 11.8 Å². The van der Waals surface area contributed by atoms with E-state index in [1.54, 1.807) is 12.3 Å². The molecule has 0 radical (unpaired) electrons. The van der Waals surface area contributed by atoms with Gasteiger partial charge in [-0.05, 0) is 18.9 Å². The van der Waals surface area contributed by atoms with E-state index in [-0.39, 0.29) is 5.95 Å². The molecular weight excluding hydrogens is 264 g/mol. The Morgan fingerprint density at radius 1 is 1.37 bits per heavy atom. The molecule has 2 aromatic rings. The summed E-state index contributed by atoms with van der Waals surface area (Å²) in [6.07, 6.45) is 6.01. The van der Waals surface area contributed by atoms with Crippen LogP contribution in [0.5, 0.6) is 0 Å². The number of nitrogens with zero attached hydrogens (tertiary/aromatic N) is 5. The van der Waals surface area contributed by atoms with Gasteiger partial charge < -0.3 is 10.6 Å². The molecule has 3 heterocycles. The maximum Gasteiger partial charge on any atom is 0.223 e. The van der Waals surface area contributed by atoms with E-state index < -0.39 is 0 Å². The summed E-state index contributed by atoms with van der Waals surface area (Å²) < 4.78 is 2.00. The van der Waals surface area contributed by atoms with Crippen molar-refractivity contribution in [3.63, 3.8) is 0 Å². The Bertz CT molecular complexity index is 535. The second kappa shape index (κ2) is 5.05. The first kappa shape index (κ1) is 12.2. The second-order valence-corrected chi connectivity index (χ2v) is 5.02. The van der Waals surface area contributed by atoms with Gasteiger partial charge >= 0.3 is 0 Å². The van der Waals surface area contributed by atoms with Crippen LogP contribution in [0.15, 0.2) is 24.5 Å². The molecule has 7 heteroatoms. The number of rotatable bonds is 2. The number of halogens is 1. The van der Waals surface area contributed by atoms with Crippen LogP contribution in [0.2, 0.25) is 5.15 Å². The molecule has 0 aromatic carbocycles. The minimum Gasteiger partial charge on any atom is -0.368 e. The van der Waals surface area contributed by atoms with Crippen molar-refractivity contribution in [1.82, 2.24) is 19.7 Å². The van der Waals surface area contributed by atoms with E-state index in [1.807, 2.05) is 16.9 Å². The van der Waals surface area contributed by atoms with E-state index >= 15 is 0 Å². The lowest BCUT2D eigenvalue weighted by Crippen LogP contribution is -2.37. The molecule has 2 N–H and O–H groups in total. The molecule has 1 fully saturated rings. The number of anilines is 2. The fraction of sp³-hybridized carbons (Fsp3) is 0.417. The molecule has 0 spiro atoms. The predicted octanol–water partition coefficient (Wildman–Crippen LogP) is 1.75. The molecule has 1 aliphatic rings. The standard InChI is InChI=1S/C12H15ClN6/c13-10-7-11(17-12(14)16-10)18-5-1-3-9(8-18)19-6-2-4-15-19/h2,4,6-7,9H,1,3,5,8H2,(H2,14,16,17). The highest BCUT2D eigenvalue weighted by Crippen LogP contribution is 2.26. The van der Waals surface area contributed by atoms with Gasteiger partial charge in [-0.3, -0.25) is 4.68 Å². The van der Waals surface area contributed by atoms with Gasteiger partial charge in [0.1, 0.15) is 11.0 Å². The average molecular weight is 279 g/mol. The molecule has 0 amide bonds. The highest BCUT2D eigenvalue weighted by Gasteiger charge is 2.22. The van der Waals surface area contributed by atoms with Crippen molar-refractivity contribution >= 4 is 23.4 Å². The Labute approximate surface area is 116 Å². The molecule has 100 valence electrons. The Hall–Kier alpha value is -1.82. The van der Waals surface area contributed by atoms with Crippen molar-refractivity contribution in [2.24, 2.45) is 0 Å². The molecule has 3 rings (SSSR count). The third-order valence-corrected chi connectivity index (χ3v) is 3.51. The number of nitrogens with two attached hydrogens (primary N) is 1. The lowest BCUT2D eigenvalue weighted by Gasteiger charge is -2.33. The van der Waals surface area contributed by atoms with Crippen molar-refractivity contribution < 1.29 is 0 Å². The molecule has 19 heavy (non-hydrogen) atoms. The number of aromatic nitrogens is 4. The van der Waals surface area contributed by atoms with Crippen molar-refractivity contribution in [3.8, 4) is 0 Å². The summed E-state index contributed by atoms with van der Waals surface area (Å²) in [4.78, 5) is 10.3. The van der Waals surface area contributed by atoms with Gasteiger partial charge in [-0.15, -0.1) is 0 Å². The van der Waals surface area contributed by atoms with Crippen LogP contribution in [-0.4, -0.2) is 32.8 Å². The van der Waals surface area contributed by atoms with Crippen LogP contribution >= 0.6 is 11.6 Å². The van der Waals surface area contributed by atoms with Crippen molar-refractivity contribution in [1.29, 1.82) is 0 Å². The van der Waals surface area contributed by atoms with Gasteiger partial charge in [0.25, 0.3) is 0 Å². The Morgan fingerprint density at radius 2 is 2.26 bits per heavy atom. The number of hydrogen-bond acceptors (Lipinski definition) is 5. The van der Waals surface area contributed by atoms with Crippen LogP contribution in [0.3, 0.4) is 0 Å². The summed E-state index contributed by atoms with van der Waals surface area (Å²) in [5.41, 5.74) is 5.64. The fourth-order valence-corrected chi connectivity index (χ4v) is 2.64. The molecule has 0 bridgehead atoms. The van der Waals surface area contributed by atoms with Gasteiger partial charge in [-0.25, -0.2) is 4.98 Å². The first-order chi connectivity index (χ1) is 9.22. The zero-order valence-corrected chi connectivity index (χ0v) is 11.2. The van der Waals surface area contributed by atoms with Gasteiger partial charge in [0.15, 0.2) is 0 Å². The molecule has 0 saturated carbocycles. The highest BCUT2D eigenvalue weighted by molar-refractivity contribution is 6.29. The van der Waals surface area contributed by atoms with Gasteiger partial charge in [-0.2, -0.15) is 10.1 Å². The van der Waals surface area contributed by atoms with E-state index in [2.05, 4.69) is 20.0 Å². The Kier molecular flexibility index (Phi) is 3.25. The lowest BCUT2D eigenvalue weighted by molar-refractivity contribution is 0.375. The van der Waals surface area contributed by atoms with Crippen LogP contribution < -0.4 is 10.6 Å². The van der Waals surface area contributed by atoms with Crippen molar-refractivity contribution in [2.75, 3.05) is 23.7 Å². The second-order valence-electron chi connectivity index (χ2n) is 4.64. The van der Waals surface area contributed by atoms with Crippen LogP contribution in [0, 0.1) is 0 Å². The third-order valence-electron chi connectivity index (χ3n) is 3.32. The van der Waals surface area contributed by atoms with E-state index in [0.717, 1.165) is 31.7 Å². The van der Waals surface area contributed by atoms with Gasteiger partial charge in [-0.1, -0.05) is 11.6 Å². The number of hydrogen-bond donors (Lipinski definition) is 1.